The predicted molar refractivity (Wildman–Crippen MR) is 74.6 cm³/mol. The van der Waals surface area contributed by atoms with Gasteiger partial charge in [0.2, 0.25) is 0 Å². The third-order valence-electron chi connectivity index (χ3n) is 2.65. The lowest BCUT2D eigenvalue weighted by atomic mass is 10.2. The first-order valence-electron chi connectivity index (χ1n) is 6.35. The maximum atomic E-state index is 4.30. The van der Waals surface area contributed by atoms with Crippen LogP contribution in [0.1, 0.15) is 24.5 Å². The van der Waals surface area contributed by atoms with E-state index < -0.39 is 0 Å². The summed E-state index contributed by atoms with van der Waals surface area (Å²) < 4.78 is 1.99. The third kappa shape index (κ3) is 3.92. The van der Waals surface area contributed by atoms with Crippen LogP contribution < -0.4 is 5.32 Å². The maximum Gasteiger partial charge on any atom is 0.140 e. The highest BCUT2D eigenvalue weighted by atomic mass is 32.1. The summed E-state index contributed by atoms with van der Waals surface area (Å²) in [6.07, 6.45) is 2.72. The summed E-state index contributed by atoms with van der Waals surface area (Å²) in [6.45, 7) is 7.08. The zero-order chi connectivity index (χ0) is 12.8. The molecule has 2 rings (SSSR count). The molecule has 1 N–H and O–H groups in total. The zero-order valence-corrected chi connectivity index (χ0v) is 11.8. The minimum absolute atomic E-state index is 0.594. The Bertz CT molecular complexity index is 447. The van der Waals surface area contributed by atoms with Crippen LogP contribution in [0.25, 0.3) is 0 Å². The lowest BCUT2D eigenvalue weighted by molar-refractivity contribution is 0.458. The topological polar surface area (TPSA) is 42.7 Å². The van der Waals surface area contributed by atoms with Crippen LogP contribution in [0.2, 0.25) is 0 Å². The minimum atomic E-state index is 0.594. The van der Waals surface area contributed by atoms with Gasteiger partial charge in [0.05, 0.1) is 6.54 Å². The number of nitrogens with one attached hydrogen (secondary N) is 1. The molecule has 0 saturated carbocycles. The highest BCUT2D eigenvalue weighted by molar-refractivity contribution is 7.09. The molecule has 0 amide bonds. The molecule has 0 aliphatic heterocycles. The average Bonchev–Trinajstić information content (AvgIpc) is 2.95. The Kier molecular flexibility index (Phi) is 4.90. The summed E-state index contributed by atoms with van der Waals surface area (Å²) >= 11 is 1.81. The van der Waals surface area contributed by atoms with Crippen LogP contribution in [0.3, 0.4) is 0 Å². The molecule has 0 saturated heterocycles. The maximum absolute atomic E-state index is 4.30. The minimum Gasteiger partial charge on any atom is -0.309 e. The van der Waals surface area contributed by atoms with E-state index in [1.165, 1.54) is 4.88 Å². The molecule has 4 nitrogen and oxygen atoms in total. The molecular formula is C13H20N4S. The number of hydrogen-bond donors (Lipinski definition) is 1. The first kappa shape index (κ1) is 13.2. The largest absolute Gasteiger partial charge is 0.309 e. The van der Waals surface area contributed by atoms with Crippen LogP contribution in [0.15, 0.2) is 23.8 Å². The summed E-state index contributed by atoms with van der Waals surface area (Å²) in [5, 5.41) is 9.80. The van der Waals surface area contributed by atoms with Crippen molar-refractivity contribution in [3.05, 3.63) is 34.5 Å². The standard InChI is InChI=1S/C13H20N4S/c1-11(2)9-17-13(15-10-16-17)8-14-6-5-12-4-3-7-18-12/h3-4,7,10-11,14H,5-6,8-9H2,1-2H3. The fourth-order valence-electron chi connectivity index (χ4n) is 1.79. The van der Waals surface area contributed by atoms with Gasteiger partial charge in [0.1, 0.15) is 12.2 Å². The molecule has 18 heavy (non-hydrogen) atoms. The van der Waals surface area contributed by atoms with Crippen molar-refractivity contribution in [2.24, 2.45) is 5.92 Å². The van der Waals surface area contributed by atoms with Gasteiger partial charge in [0, 0.05) is 18.0 Å². The first-order chi connectivity index (χ1) is 8.75. The molecule has 0 fully saturated rings. The molecule has 0 aromatic carbocycles. The number of rotatable bonds is 7. The number of hydrogen-bond acceptors (Lipinski definition) is 4. The van der Waals surface area contributed by atoms with E-state index >= 15 is 0 Å². The second-order valence-corrected chi connectivity index (χ2v) is 5.79. The second kappa shape index (κ2) is 6.66. The molecule has 5 heteroatoms. The predicted octanol–water partition coefficient (Wildman–Crippen LogP) is 2.33. The van der Waals surface area contributed by atoms with E-state index in [0.29, 0.717) is 5.92 Å². The van der Waals surface area contributed by atoms with Gasteiger partial charge in [0.15, 0.2) is 0 Å². The molecule has 2 heterocycles. The van der Waals surface area contributed by atoms with Crippen LogP contribution >= 0.6 is 11.3 Å². The van der Waals surface area contributed by atoms with E-state index in [2.05, 4.69) is 46.8 Å². The molecule has 0 bridgehead atoms. The highest BCUT2D eigenvalue weighted by Crippen LogP contribution is 2.08. The van der Waals surface area contributed by atoms with Crippen molar-refractivity contribution in [1.29, 1.82) is 0 Å². The van der Waals surface area contributed by atoms with Gasteiger partial charge < -0.3 is 5.32 Å². The van der Waals surface area contributed by atoms with Gasteiger partial charge in [-0.1, -0.05) is 19.9 Å². The molecule has 98 valence electrons. The molecular weight excluding hydrogens is 244 g/mol. The normalized spacial score (nSPS) is 11.3. The smallest absolute Gasteiger partial charge is 0.140 e. The SMILES string of the molecule is CC(C)Cn1ncnc1CNCCc1cccs1. The first-order valence-corrected chi connectivity index (χ1v) is 7.23. The van der Waals surface area contributed by atoms with E-state index in [4.69, 9.17) is 0 Å². The third-order valence-corrected chi connectivity index (χ3v) is 3.58. The van der Waals surface area contributed by atoms with E-state index in [-0.39, 0.29) is 0 Å². The summed E-state index contributed by atoms with van der Waals surface area (Å²) in [7, 11) is 0. The Balaban J connectivity index is 1.74. The lowest BCUT2D eigenvalue weighted by Crippen LogP contribution is -2.20. The molecule has 0 unspecified atom stereocenters. The monoisotopic (exact) mass is 264 g/mol. The summed E-state index contributed by atoms with van der Waals surface area (Å²) in [5.74, 6) is 1.62. The van der Waals surface area contributed by atoms with Crippen molar-refractivity contribution in [1.82, 2.24) is 20.1 Å². The van der Waals surface area contributed by atoms with Gasteiger partial charge in [-0.15, -0.1) is 11.3 Å². The number of nitrogens with zero attached hydrogens (tertiary/aromatic N) is 3. The van der Waals surface area contributed by atoms with Gasteiger partial charge in [-0.3, -0.25) is 0 Å². The van der Waals surface area contributed by atoms with Crippen molar-refractivity contribution in [3.8, 4) is 0 Å². The molecule has 0 aliphatic carbocycles. The van der Waals surface area contributed by atoms with Crippen molar-refractivity contribution in [2.75, 3.05) is 6.54 Å². The molecule has 2 aromatic heterocycles. The van der Waals surface area contributed by atoms with Crippen molar-refractivity contribution >= 4 is 11.3 Å². The molecule has 0 aliphatic rings. The van der Waals surface area contributed by atoms with Crippen LogP contribution in [0, 0.1) is 5.92 Å². The second-order valence-electron chi connectivity index (χ2n) is 4.76. The summed E-state index contributed by atoms with van der Waals surface area (Å²) in [5.41, 5.74) is 0. The number of aromatic nitrogens is 3. The van der Waals surface area contributed by atoms with E-state index in [1.807, 2.05) is 16.0 Å². The number of thiophene rings is 1. The van der Waals surface area contributed by atoms with Gasteiger partial charge >= 0.3 is 0 Å². The van der Waals surface area contributed by atoms with E-state index in [1.54, 1.807) is 6.33 Å². The summed E-state index contributed by atoms with van der Waals surface area (Å²) in [4.78, 5) is 5.72. The van der Waals surface area contributed by atoms with Crippen LogP contribution in [0.4, 0.5) is 0 Å². The molecule has 0 radical (unpaired) electrons. The van der Waals surface area contributed by atoms with Crippen LogP contribution in [0.5, 0.6) is 0 Å². The van der Waals surface area contributed by atoms with Crippen molar-refractivity contribution < 1.29 is 0 Å². The van der Waals surface area contributed by atoms with Gasteiger partial charge in [-0.2, -0.15) is 5.10 Å². The molecule has 0 atom stereocenters. The Morgan fingerprint density at radius 3 is 3.06 bits per heavy atom. The Morgan fingerprint density at radius 2 is 2.33 bits per heavy atom. The lowest BCUT2D eigenvalue weighted by Gasteiger charge is -2.09. The van der Waals surface area contributed by atoms with Crippen LogP contribution in [-0.4, -0.2) is 21.3 Å². The fraction of sp³-hybridized carbons (Fsp3) is 0.538. The molecule has 0 spiro atoms. The highest BCUT2D eigenvalue weighted by Gasteiger charge is 2.05. The van der Waals surface area contributed by atoms with Crippen molar-refractivity contribution in [3.63, 3.8) is 0 Å². The van der Waals surface area contributed by atoms with Gasteiger partial charge in [-0.25, -0.2) is 9.67 Å². The summed E-state index contributed by atoms with van der Waals surface area (Å²) in [6, 6.07) is 4.27. The zero-order valence-electron chi connectivity index (χ0n) is 11.0. The molecule has 2 aromatic rings. The fourth-order valence-corrected chi connectivity index (χ4v) is 2.50. The Morgan fingerprint density at radius 1 is 1.44 bits per heavy atom. The van der Waals surface area contributed by atoms with E-state index in [0.717, 1.165) is 31.9 Å². The van der Waals surface area contributed by atoms with Crippen LogP contribution in [-0.2, 0) is 19.5 Å². The average molecular weight is 264 g/mol. The quantitative estimate of drug-likeness (QED) is 0.781. The Labute approximate surface area is 112 Å². The van der Waals surface area contributed by atoms with Gasteiger partial charge in [-0.05, 0) is 23.8 Å². The van der Waals surface area contributed by atoms with Crippen molar-refractivity contribution in [2.45, 2.75) is 33.4 Å². The Hall–Kier alpha value is -1.20. The van der Waals surface area contributed by atoms with Gasteiger partial charge in [0.25, 0.3) is 0 Å². The van der Waals surface area contributed by atoms with E-state index in [9.17, 15) is 0 Å².